The van der Waals surface area contributed by atoms with Crippen LogP contribution >= 0.6 is 23.1 Å². The number of nitrogens with zero attached hydrogens (tertiary/aromatic N) is 1. The number of hydrogen-bond acceptors (Lipinski definition) is 4. The first-order valence-corrected chi connectivity index (χ1v) is 19.6. The highest BCUT2D eigenvalue weighted by Crippen LogP contribution is 2.63. The van der Waals surface area contributed by atoms with E-state index in [2.05, 4.69) is 175 Å². The van der Waals surface area contributed by atoms with Crippen molar-refractivity contribution in [2.45, 2.75) is 15.2 Å². The van der Waals surface area contributed by atoms with Crippen LogP contribution in [0.5, 0.6) is 0 Å². The second-order valence-electron chi connectivity index (χ2n) is 14.0. The first-order chi connectivity index (χ1) is 26.3. The SMILES string of the molecule is c1ccc(N(c2cccc3c2oc2ccccc23)c2cccc3sc4cc5c(cc4c23)-c2ccccc2C52c3ccccc3Sc3ccccc32)cc1. The summed E-state index contributed by atoms with van der Waals surface area (Å²) in [5, 5.41) is 4.78. The maximum absolute atomic E-state index is 6.67. The summed E-state index contributed by atoms with van der Waals surface area (Å²) in [6.07, 6.45) is 0. The number of benzene rings is 8. The van der Waals surface area contributed by atoms with Gasteiger partial charge in [0.25, 0.3) is 0 Å². The number of thiophene rings is 1. The molecule has 0 saturated carbocycles. The van der Waals surface area contributed by atoms with Crippen molar-refractivity contribution in [3.8, 4) is 11.1 Å². The zero-order valence-corrected chi connectivity index (χ0v) is 30.0. The van der Waals surface area contributed by atoms with Crippen LogP contribution in [0.4, 0.5) is 17.1 Å². The largest absolute Gasteiger partial charge is 0.454 e. The Balaban J connectivity index is 1.17. The molecule has 1 aliphatic heterocycles. The quantitative estimate of drug-likeness (QED) is 0.182. The minimum absolute atomic E-state index is 0.398. The average Bonchev–Trinajstić information content (AvgIpc) is 3.87. The van der Waals surface area contributed by atoms with E-state index in [1.54, 1.807) is 0 Å². The van der Waals surface area contributed by atoms with Gasteiger partial charge in [-0.05, 0) is 94.0 Å². The smallest absolute Gasteiger partial charge is 0.159 e. The van der Waals surface area contributed by atoms with Crippen molar-refractivity contribution >= 4 is 82.3 Å². The maximum atomic E-state index is 6.67. The molecule has 2 nitrogen and oxygen atoms in total. The third-order valence-electron chi connectivity index (χ3n) is 11.3. The first kappa shape index (κ1) is 29.5. The summed E-state index contributed by atoms with van der Waals surface area (Å²) < 4.78 is 9.23. The monoisotopic (exact) mass is 711 g/mol. The molecule has 0 bridgehead atoms. The van der Waals surface area contributed by atoms with Gasteiger partial charge in [0.15, 0.2) is 5.58 Å². The van der Waals surface area contributed by atoms with Crippen LogP contribution in [0, 0.1) is 0 Å². The fraction of sp³-hybridized carbons (Fsp3) is 0.0204. The molecule has 1 aliphatic carbocycles. The molecule has 4 heteroatoms. The van der Waals surface area contributed by atoms with E-state index >= 15 is 0 Å². The van der Waals surface area contributed by atoms with Gasteiger partial charge in [0.2, 0.25) is 0 Å². The summed E-state index contributed by atoms with van der Waals surface area (Å²) in [7, 11) is 0. The number of fused-ring (bicyclic) bond motifs is 15. The molecule has 1 spiro atoms. The molecule has 53 heavy (non-hydrogen) atoms. The standard InChI is InChI=1S/C49H29NOS2/c1-2-14-30(15-3-1)50(41-23-12-18-33-32-17-5-9-24-42(32)51-48(33)41)40-22-13-27-45-47(40)35-28-34-31-16-4-6-19-36(31)49(39(34)29-46(35)53-45)37-20-7-10-25-43(37)52-44-26-11-8-21-38(44)49/h1-29H. The molecule has 0 radical (unpaired) electrons. The molecule has 12 rings (SSSR count). The van der Waals surface area contributed by atoms with Gasteiger partial charge in [-0.25, -0.2) is 0 Å². The second-order valence-corrected chi connectivity index (χ2v) is 16.1. The topological polar surface area (TPSA) is 16.4 Å². The van der Waals surface area contributed by atoms with Crippen LogP contribution in [0.15, 0.2) is 190 Å². The molecular formula is C49H29NOS2. The number of hydrogen-bond donors (Lipinski definition) is 0. The third-order valence-corrected chi connectivity index (χ3v) is 13.6. The summed E-state index contributed by atoms with van der Waals surface area (Å²) in [4.78, 5) is 5.05. The van der Waals surface area contributed by atoms with Gasteiger partial charge in [0.05, 0.1) is 16.8 Å². The zero-order valence-electron chi connectivity index (χ0n) is 28.4. The molecule has 3 heterocycles. The van der Waals surface area contributed by atoms with E-state index in [0.29, 0.717) is 0 Å². The lowest BCUT2D eigenvalue weighted by Gasteiger charge is -2.39. The molecule has 8 aromatic carbocycles. The Hall–Kier alpha value is -6.07. The molecule has 0 saturated heterocycles. The van der Waals surface area contributed by atoms with Crippen LogP contribution in [-0.2, 0) is 5.41 Å². The van der Waals surface area contributed by atoms with E-state index < -0.39 is 5.41 Å². The summed E-state index contributed by atoms with van der Waals surface area (Å²) >= 11 is 3.78. The Kier molecular flexibility index (Phi) is 6.11. The molecule has 0 unspecified atom stereocenters. The van der Waals surface area contributed by atoms with Gasteiger partial charge in [0, 0.05) is 46.4 Å². The van der Waals surface area contributed by atoms with Crippen LogP contribution in [0.2, 0.25) is 0 Å². The van der Waals surface area contributed by atoms with E-state index in [1.165, 1.54) is 63.3 Å². The minimum atomic E-state index is -0.398. The maximum Gasteiger partial charge on any atom is 0.159 e. The van der Waals surface area contributed by atoms with Crippen molar-refractivity contribution < 1.29 is 4.42 Å². The highest BCUT2D eigenvalue weighted by molar-refractivity contribution is 7.99. The van der Waals surface area contributed by atoms with Gasteiger partial charge in [0.1, 0.15) is 5.58 Å². The molecule has 0 fully saturated rings. The Bertz CT molecular complexity index is 3070. The summed E-state index contributed by atoms with van der Waals surface area (Å²) in [6, 6.07) is 64.5. The molecule has 10 aromatic rings. The predicted molar refractivity (Wildman–Crippen MR) is 223 cm³/mol. The van der Waals surface area contributed by atoms with Crippen molar-refractivity contribution in [1.82, 2.24) is 0 Å². The van der Waals surface area contributed by atoms with Crippen LogP contribution in [0.25, 0.3) is 53.2 Å². The lowest BCUT2D eigenvalue weighted by molar-refractivity contribution is 0.669. The van der Waals surface area contributed by atoms with Crippen LogP contribution in [-0.4, -0.2) is 0 Å². The van der Waals surface area contributed by atoms with Gasteiger partial charge >= 0.3 is 0 Å². The van der Waals surface area contributed by atoms with Crippen LogP contribution in [0.1, 0.15) is 22.3 Å². The summed E-state index contributed by atoms with van der Waals surface area (Å²) in [5.74, 6) is 0. The van der Waals surface area contributed by atoms with Crippen molar-refractivity contribution in [2.24, 2.45) is 0 Å². The van der Waals surface area contributed by atoms with Gasteiger partial charge in [-0.3, -0.25) is 0 Å². The van der Waals surface area contributed by atoms with Crippen LogP contribution in [0.3, 0.4) is 0 Å². The molecule has 0 N–H and O–H groups in total. The number of furan rings is 1. The average molecular weight is 712 g/mol. The van der Waals surface area contributed by atoms with E-state index in [-0.39, 0.29) is 0 Å². The van der Waals surface area contributed by atoms with Gasteiger partial charge < -0.3 is 9.32 Å². The predicted octanol–water partition coefficient (Wildman–Crippen LogP) is 14.3. The van der Waals surface area contributed by atoms with Crippen molar-refractivity contribution in [3.05, 3.63) is 198 Å². The fourth-order valence-corrected chi connectivity index (χ4v) is 11.6. The minimum Gasteiger partial charge on any atom is -0.454 e. The Morgan fingerprint density at radius 1 is 0.453 bits per heavy atom. The number of para-hydroxylation sites is 3. The van der Waals surface area contributed by atoms with E-state index in [9.17, 15) is 0 Å². The van der Waals surface area contributed by atoms with Gasteiger partial charge in [-0.15, -0.1) is 11.3 Å². The number of anilines is 3. The van der Waals surface area contributed by atoms with Crippen molar-refractivity contribution in [1.29, 1.82) is 0 Å². The Labute approximate surface area is 314 Å². The van der Waals surface area contributed by atoms with Gasteiger partial charge in [-0.1, -0.05) is 127 Å². The lowest BCUT2D eigenvalue weighted by atomic mass is 9.67. The van der Waals surface area contributed by atoms with Crippen LogP contribution < -0.4 is 4.90 Å². The molecule has 0 amide bonds. The highest BCUT2D eigenvalue weighted by atomic mass is 32.2. The van der Waals surface area contributed by atoms with E-state index in [1.807, 2.05) is 29.2 Å². The normalized spacial score (nSPS) is 13.7. The first-order valence-electron chi connectivity index (χ1n) is 18.0. The second kappa shape index (κ2) is 11.0. The molecular weight excluding hydrogens is 683 g/mol. The Morgan fingerprint density at radius 3 is 1.94 bits per heavy atom. The van der Waals surface area contributed by atoms with Crippen molar-refractivity contribution in [2.75, 3.05) is 4.90 Å². The Morgan fingerprint density at radius 2 is 1.11 bits per heavy atom. The zero-order chi connectivity index (χ0) is 34.7. The van der Waals surface area contributed by atoms with Crippen molar-refractivity contribution in [3.63, 3.8) is 0 Å². The summed E-state index contributed by atoms with van der Waals surface area (Å²) in [6.45, 7) is 0. The fourth-order valence-electron chi connectivity index (χ4n) is 9.23. The van der Waals surface area contributed by atoms with E-state index in [4.69, 9.17) is 4.42 Å². The van der Waals surface area contributed by atoms with E-state index in [0.717, 1.165) is 39.0 Å². The molecule has 2 aliphatic rings. The summed E-state index contributed by atoms with van der Waals surface area (Å²) in [5.41, 5.74) is 12.7. The highest BCUT2D eigenvalue weighted by Gasteiger charge is 2.50. The molecule has 0 atom stereocenters. The molecule has 248 valence electrons. The molecule has 2 aromatic heterocycles. The number of rotatable bonds is 3. The third kappa shape index (κ3) is 3.94. The van der Waals surface area contributed by atoms with Gasteiger partial charge in [-0.2, -0.15) is 0 Å². The lowest BCUT2D eigenvalue weighted by Crippen LogP contribution is -2.31.